The minimum absolute atomic E-state index is 0.341. The average Bonchev–Trinajstić information content (AvgIpc) is 3.50. The van der Waals surface area contributed by atoms with E-state index < -0.39 is 5.97 Å². The smallest absolute Gasteiger partial charge is 0.343 e. The highest BCUT2D eigenvalue weighted by Crippen LogP contribution is 2.20. The number of rotatable bonds is 40. The third kappa shape index (κ3) is 47.3. The molecular weight excluding hydrogens is 1030 g/mol. The van der Waals surface area contributed by atoms with Crippen molar-refractivity contribution >= 4 is 29.8 Å². The highest BCUT2D eigenvalue weighted by Gasteiger charge is 2.10. The first kappa shape index (κ1) is 75.8. The Labute approximate surface area is 485 Å². The van der Waals surface area contributed by atoms with Crippen molar-refractivity contribution in [1.82, 2.24) is 0 Å². The first-order valence-electron chi connectivity index (χ1n) is 28.2. The highest BCUT2D eigenvalue weighted by molar-refractivity contribution is 5.91. The second-order valence-corrected chi connectivity index (χ2v) is 17.3. The molecule has 0 aliphatic carbocycles. The molecule has 0 saturated carbocycles. The maximum Gasteiger partial charge on any atom is 0.343 e. The molecule has 81 heavy (non-hydrogen) atoms. The minimum atomic E-state index is -0.421. The molecule has 0 N–H and O–H groups in total. The number of aryl methyl sites for hydroxylation is 2. The zero-order valence-electron chi connectivity index (χ0n) is 49.7. The van der Waals surface area contributed by atoms with Gasteiger partial charge in [-0.05, 0) is 176 Å². The van der Waals surface area contributed by atoms with Crippen LogP contribution in [0, 0.1) is 0 Å². The number of hydrogen-bond donors (Lipinski definition) is 0. The third-order valence-electron chi connectivity index (χ3n) is 10.9. The molecule has 0 atom stereocenters. The van der Waals surface area contributed by atoms with Crippen molar-refractivity contribution in [1.29, 1.82) is 0 Å². The van der Waals surface area contributed by atoms with Crippen LogP contribution in [0.3, 0.4) is 0 Å². The largest absolute Gasteiger partial charge is 0.499 e. The molecule has 0 bridgehead atoms. The van der Waals surface area contributed by atoms with Crippen molar-refractivity contribution in [2.45, 2.75) is 130 Å². The third-order valence-corrected chi connectivity index (χ3v) is 10.9. The number of hydrogen-bond acceptors (Lipinski definition) is 15. The maximum atomic E-state index is 12.6. The van der Waals surface area contributed by atoms with Gasteiger partial charge in [0.2, 0.25) is 0 Å². The molecule has 0 aliphatic rings. The van der Waals surface area contributed by atoms with Crippen molar-refractivity contribution in [3.63, 3.8) is 0 Å². The second kappa shape index (κ2) is 56.1. The Morgan fingerprint density at radius 1 is 0.407 bits per heavy atom. The number of methoxy groups -OCH3 is 2. The van der Waals surface area contributed by atoms with Crippen LogP contribution in [0.25, 0.3) is 0 Å². The SMILES string of the molecule is C=CC(=O)OCCCCCCO/C(C)=C/C.C=CC(=O)OCCCCCCOc1ccc(CCc2ccc(OC(=O)c3ccc(OCCCCCCOC(=O)C=C)cc3)cc2)cc1.C=CC(=O)OCCCCOC.C=CCOC.CC. The van der Waals surface area contributed by atoms with E-state index in [0.29, 0.717) is 69.9 Å². The average molecular weight is 1130 g/mol. The van der Waals surface area contributed by atoms with Crippen molar-refractivity contribution < 1.29 is 71.3 Å². The lowest BCUT2D eigenvalue weighted by molar-refractivity contribution is -0.138. The number of carbonyl (C=O) groups excluding carboxylic acids is 5. The van der Waals surface area contributed by atoms with Crippen molar-refractivity contribution in [2.24, 2.45) is 0 Å². The Bertz CT molecular complexity index is 2140. The van der Waals surface area contributed by atoms with Gasteiger partial charge in [-0.25, -0.2) is 24.0 Å². The van der Waals surface area contributed by atoms with Crippen LogP contribution in [0.2, 0.25) is 0 Å². The summed E-state index contributed by atoms with van der Waals surface area (Å²) in [6.45, 7) is 29.8. The van der Waals surface area contributed by atoms with E-state index in [-0.39, 0.29) is 23.9 Å². The second-order valence-electron chi connectivity index (χ2n) is 17.3. The molecule has 15 heteroatoms. The van der Waals surface area contributed by atoms with Gasteiger partial charge in [0.15, 0.2) is 0 Å². The lowest BCUT2D eigenvalue weighted by Crippen LogP contribution is -2.08. The standard InChI is InChI=1S/C39H46O8.C13H22O3.C8H14O3.C4H8O.C2H6/c1-3-37(40)45-29-11-7-5-9-27-43-34-21-15-31(16-22-34)13-14-32-17-23-36(24-18-32)47-39(42)33-19-25-35(26-20-33)44-28-10-6-8-12-30-46-38(41)4-2;1-4-12(3)15-10-8-6-7-9-11-16-13(14)5-2;1-3-8(9)11-7-5-4-6-10-2;1-3-4-5-2;1-2/h3-4,15-26H,1-2,5-14,27-30H2;4-5H,2,6-11H2,1,3H3;3H,1,4-7H2,2H3;3H,1,4H2,2H3;1-2H3/b;12-4+;;;. The Morgan fingerprint density at radius 3 is 1.05 bits per heavy atom. The van der Waals surface area contributed by atoms with E-state index in [1.807, 2.05) is 70.2 Å². The molecule has 15 nitrogen and oxygen atoms in total. The molecule has 0 aromatic heterocycles. The summed E-state index contributed by atoms with van der Waals surface area (Å²) in [5.41, 5.74) is 2.83. The van der Waals surface area contributed by atoms with Gasteiger partial charge in [-0.3, -0.25) is 0 Å². The lowest BCUT2D eigenvalue weighted by atomic mass is 10.0. The maximum absolute atomic E-state index is 12.6. The number of benzene rings is 3. The van der Waals surface area contributed by atoms with Gasteiger partial charge in [0.05, 0.1) is 64.2 Å². The fourth-order valence-corrected chi connectivity index (χ4v) is 6.38. The Morgan fingerprint density at radius 2 is 0.728 bits per heavy atom. The molecular formula is C66H96O15. The summed E-state index contributed by atoms with van der Waals surface area (Å²) in [4.78, 5) is 55.8. The predicted octanol–water partition coefficient (Wildman–Crippen LogP) is 14.2. The molecule has 0 fully saturated rings. The van der Waals surface area contributed by atoms with Crippen LogP contribution in [0.5, 0.6) is 17.2 Å². The number of allylic oxidation sites excluding steroid dienone is 2. The summed E-state index contributed by atoms with van der Waals surface area (Å²) in [7, 11) is 3.29. The molecule has 3 rings (SSSR count). The molecule has 0 saturated heterocycles. The van der Waals surface area contributed by atoms with Gasteiger partial charge in [0, 0.05) is 45.1 Å². The molecule has 0 radical (unpaired) electrons. The predicted molar refractivity (Wildman–Crippen MR) is 323 cm³/mol. The molecule has 0 heterocycles. The number of carbonyl (C=O) groups is 5. The first-order chi connectivity index (χ1) is 39.4. The van der Waals surface area contributed by atoms with Crippen LogP contribution in [0.4, 0.5) is 0 Å². The quantitative estimate of drug-likeness (QED) is 0.00998. The summed E-state index contributed by atoms with van der Waals surface area (Å²) in [5, 5.41) is 0. The van der Waals surface area contributed by atoms with Gasteiger partial charge >= 0.3 is 29.8 Å². The summed E-state index contributed by atoms with van der Waals surface area (Å²) in [6, 6.07) is 22.7. The first-order valence-corrected chi connectivity index (χ1v) is 28.2. The van der Waals surface area contributed by atoms with E-state index in [9.17, 15) is 24.0 Å². The molecule has 0 amide bonds. The summed E-state index contributed by atoms with van der Waals surface area (Å²) >= 11 is 0. The van der Waals surface area contributed by atoms with Crippen LogP contribution in [0.1, 0.15) is 139 Å². The van der Waals surface area contributed by atoms with Crippen molar-refractivity contribution in [3.05, 3.63) is 165 Å². The highest BCUT2D eigenvalue weighted by atomic mass is 16.5. The molecule has 0 spiro atoms. The molecule has 3 aromatic rings. The van der Waals surface area contributed by atoms with Gasteiger partial charge in [0.25, 0.3) is 0 Å². The van der Waals surface area contributed by atoms with Gasteiger partial charge < -0.3 is 47.4 Å². The van der Waals surface area contributed by atoms with Crippen LogP contribution in [-0.4, -0.2) is 104 Å². The van der Waals surface area contributed by atoms with E-state index in [4.69, 9.17) is 42.6 Å². The fraction of sp³-hybridized carbons (Fsp3) is 0.470. The van der Waals surface area contributed by atoms with Crippen LogP contribution in [-0.2, 0) is 65.2 Å². The van der Waals surface area contributed by atoms with Crippen molar-refractivity contribution in [3.8, 4) is 17.2 Å². The van der Waals surface area contributed by atoms with E-state index >= 15 is 0 Å². The minimum Gasteiger partial charge on any atom is -0.499 e. The van der Waals surface area contributed by atoms with Crippen LogP contribution in [0.15, 0.2) is 148 Å². The van der Waals surface area contributed by atoms with E-state index in [0.717, 1.165) is 132 Å². The summed E-state index contributed by atoms with van der Waals surface area (Å²) < 4.78 is 51.5. The van der Waals surface area contributed by atoms with Crippen molar-refractivity contribution in [2.75, 3.05) is 73.7 Å². The van der Waals surface area contributed by atoms with Gasteiger partial charge in [0.1, 0.15) is 17.2 Å². The number of unbranched alkanes of at least 4 members (excludes halogenated alkanes) is 10. The van der Waals surface area contributed by atoms with E-state index in [2.05, 4.69) is 49.8 Å². The zero-order chi connectivity index (χ0) is 60.4. The van der Waals surface area contributed by atoms with Crippen LogP contribution < -0.4 is 14.2 Å². The van der Waals surface area contributed by atoms with E-state index in [1.165, 1.54) is 23.8 Å². The molecule has 3 aromatic carbocycles. The number of ether oxygens (including phenoxy) is 10. The zero-order valence-corrected chi connectivity index (χ0v) is 49.7. The number of esters is 5. The fourth-order valence-electron chi connectivity index (χ4n) is 6.38. The normalized spacial score (nSPS) is 10.0. The Balaban J connectivity index is 0. The molecule has 0 unspecified atom stereocenters. The molecule has 0 aliphatic heterocycles. The summed E-state index contributed by atoms with van der Waals surface area (Å²) in [5.74, 6) is 1.14. The monoisotopic (exact) mass is 1130 g/mol. The molecule has 450 valence electrons. The van der Waals surface area contributed by atoms with Crippen LogP contribution >= 0.6 is 0 Å². The summed E-state index contributed by atoms with van der Waals surface area (Å²) in [6.07, 6.45) is 23.4. The Kier molecular flexibility index (Phi) is 52.5. The van der Waals surface area contributed by atoms with Gasteiger partial charge in [-0.2, -0.15) is 0 Å². The topological polar surface area (TPSA) is 178 Å². The lowest BCUT2D eigenvalue weighted by Gasteiger charge is -2.09. The van der Waals surface area contributed by atoms with E-state index in [1.54, 1.807) is 44.6 Å². The van der Waals surface area contributed by atoms with Gasteiger partial charge in [-0.1, -0.05) is 76.6 Å². The Hall–Kier alpha value is -7.23. The van der Waals surface area contributed by atoms with Gasteiger partial charge in [-0.15, -0.1) is 6.58 Å².